The van der Waals surface area contributed by atoms with Crippen LogP contribution >= 0.6 is 0 Å². The predicted octanol–water partition coefficient (Wildman–Crippen LogP) is 3.09. The van der Waals surface area contributed by atoms with Crippen molar-refractivity contribution in [2.24, 2.45) is 4.99 Å². The number of hydrogen-bond acceptors (Lipinski definition) is 2. The number of hydrogen-bond donors (Lipinski definition) is 0. The number of benzene rings is 1. The van der Waals surface area contributed by atoms with Crippen LogP contribution in [0, 0.1) is 13.8 Å². The molecule has 0 N–H and O–H groups in total. The Morgan fingerprint density at radius 3 is 2.71 bits per heavy atom. The molecule has 1 atom stereocenters. The molecule has 0 aliphatic rings. The second-order valence-electron chi connectivity index (χ2n) is 3.43. The molecular formula is C12H15NO. The quantitative estimate of drug-likeness (QED) is 0.530. The highest BCUT2D eigenvalue weighted by atomic mass is 16.1. The highest BCUT2D eigenvalue weighted by Crippen LogP contribution is 2.25. The molecule has 14 heavy (non-hydrogen) atoms. The Balaban J connectivity index is 3.16. The summed E-state index contributed by atoms with van der Waals surface area (Å²) in [4.78, 5) is 14.1. The molecule has 0 amide bonds. The van der Waals surface area contributed by atoms with Crippen molar-refractivity contribution in [1.29, 1.82) is 0 Å². The number of rotatable bonds is 3. The Morgan fingerprint density at radius 1 is 1.43 bits per heavy atom. The number of carbonyl (C=O) groups excluding carboxylic acids is 1. The molecule has 0 heterocycles. The van der Waals surface area contributed by atoms with Crippen molar-refractivity contribution >= 4 is 6.08 Å². The fourth-order valence-electron chi connectivity index (χ4n) is 1.58. The summed E-state index contributed by atoms with van der Waals surface area (Å²) in [5.41, 5.74) is 3.59. The molecule has 0 saturated carbocycles. The zero-order chi connectivity index (χ0) is 10.6. The molecule has 0 aromatic heterocycles. The lowest BCUT2D eigenvalue weighted by molar-refractivity contribution is 0.555. The molecule has 74 valence electrons. The number of isocyanates is 1. The van der Waals surface area contributed by atoms with Crippen LogP contribution in [0.2, 0.25) is 0 Å². The maximum absolute atomic E-state index is 10.3. The van der Waals surface area contributed by atoms with Crippen LogP contribution in [-0.2, 0) is 4.79 Å². The molecule has 0 spiro atoms. The van der Waals surface area contributed by atoms with Gasteiger partial charge in [0, 0.05) is 0 Å². The standard InChI is InChI=1S/C12H15NO/c1-4-12(13-8-14)11-7-5-6-9(2)10(11)3/h5-7,12H,4H2,1-3H3/t12-/m1/s1. The van der Waals surface area contributed by atoms with Crippen molar-refractivity contribution in [3.63, 3.8) is 0 Å². The van der Waals surface area contributed by atoms with E-state index in [2.05, 4.69) is 24.9 Å². The summed E-state index contributed by atoms with van der Waals surface area (Å²) in [6.07, 6.45) is 2.47. The molecule has 2 heteroatoms. The fraction of sp³-hybridized carbons (Fsp3) is 0.417. The van der Waals surface area contributed by atoms with E-state index >= 15 is 0 Å². The smallest absolute Gasteiger partial charge is 0.211 e. The topological polar surface area (TPSA) is 29.4 Å². The summed E-state index contributed by atoms with van der Waals surface area (Å²) in [6, 6.07) is 6.06. The van der Waals surface area contributed by atoms with Gasteiger partial charge in [-0.3, -0.25) is 0 Å². The van der Waals surface area contributed by atoms with Gasteiger partial charge in [-0.1, -0.05) is 25.1 Å². The van der Waals surface area contributed by atoms with E-state index in [1.54, 1.807) is 6.08 Å². The van der Waals surface area contributed by atoms with E-state index in [1.807, 2.05) is 19.1 Å². The van der Waals surface area contributed by atoms with Crippen molar-refractivity contribution in [1.82, 2.24) is 0 Å². The third kappa shape index (κ3) is 2.09. The van der Waals surface area contributed by atoms with Crippen LogP contribution < -0.4 is 0 Å². The average Bonchev–Trinajstić information content (AvgIpc) is 2.19. The van der Waals surface area contributed by atoms with E-state index in [0.717, 1.165) is 12.0 Å². The van der Waals surface area contributed by atoms with Gasteiger partial charge in [0.25, 0.3) is 0 Å². The Bertz CT molecular complexity index is 365. The van der Waals surface area contributed by atoms with Gasteiger partial charge in [-0.25, -0.2) is 4.79 Å². The van der Waals surface area contributed by atoms with Crippen molar-refractivity contribution in [2.45, 2.75) is 33.2 Å². The zero-order valence-corrected chi connectivity index (χ0v) is 8.87. The van der Waals surface area contributed by atoms with Gasteiger partial charge in [-0.05, 0) is 37.0 Å². The second kappa shape index (κ2) is 4.73. The Kier molecular flexibility index (Phi) is 3.61. The van der Waals surface area contributed by atoms with E-state index in [0.29, 0.717) is 0 Å². The number of aliphatic imine (C=N–C) groups is 1. The van der Waals surface area contributed by atoms with Gasteiger partial charge in [0.1, 0.15) is 0 Å². The van der Waals surface area contributed by atoms with Gasteiger partial charge >= 0.3 is 0 Å². The van der Waals surface area contributed by atoms with Gasteiger partial charge in [0.05, 0.1) is 6.04 Å². The molecule has 1 rings (SSSR count). The van der Waals surface area contributed by atoms with Crippen LogP contribution in [0.5, 0.6) is 0 Å². The largest absolute Gasteiger partial charge is 0.235 e. The van der Waals surface area contributed by atoms with E-state index < -0.39 is 0 Å². The first-order valence-corrected chi connectivity index (χ1v) is 4.83. The molecule has 0 saturated heterocycles. The van der Waals surface area contributed by atoms with E-state index in [-0.39, 0.29) is 6.04 Å². The first-order chi connectivity index (χ1) is 6.70. The Morgan fingerprint density at radius 2 is 2.14 bits per heavy atom. The molecule has 0 aliphatic heterocycles. The highest BCUT2D eigenvalue weighted by Gasteiger charge is 2.10. The molecule has 1 aromatic rings. The lowest BCUT2D eigenvalue weighted by atomic mass is 9.96. The average molecular weight is 189 g/mol. The lowest BCUT2D eigenvalue weighted by Crippen LogP contribution is -1.98. The first-order valence-electron chi connectivity index (χ1n) is 4.83. The van der Waals surface area contributed by atoms with E-state index in [1.165, 1.54) is 11.1 Å². The highest BCUT2D eigenvalue weighted by molar-refractivity contribution is 5.39. The molecule has 0 bridgehead atoms. The van der Waals surface area contributed by atoms with Crippen LogP contribution in [-0.4, -0.2) is 6.08 Å². The second-order valence-corrected chi connectivity index (χ2v) is 3.43. The summed E-state index contributed by atoms with van der Waals surface area (Å²) in [6.45, 7) is 6.15. The lowest BCUT2D eigenvalue weighted by Gasteiger charge is -2.13. The van der Waals surface area contributed by atoms with Crippen molar-refractivity contribution in [2.75, 3.05) is 0 Å². The van der Waals surface area contributed by atoms with Crippen LogP contribution in [0.3, 0.4) is 0 Å². The van der Waals surface area contributed by atoms with Gasteiger partial charge in [-0.15, -0.1) is 0 Å². The fourth-order valence-corrected chi connectivity index (χ4v) is 1.58. The predicted molar refractivity (Wildman–Crippen MR) is 57.1 cm³/mol. The summed E-state index contributed by atoms with van der Waals surface area (Å²) < 4.78 is 0. The van der Waals surface area contributed by atoms with Crippen LogP contribution in [0.4, 0.5) is 0 Å². The molecule has 0 fully saturated rings. The van der Waals surface area contributed by atoms with Crippen molar-refractivity contribution in [3.8, 4) is 0 Å². The molecule has 0 radical (unpaired) electrons. The minimum atomic E-state index is -0.0348. The van der Waals surface area contributed by atoms with Gasteiger partial charge in [0.15, 0.2) is 0 Å². The maximum atomic E-state index is 10.3. The van der Waals surface area contributed by atoms with E-state index in [4.69, 9.17) is 0 Å². The summed E-state index contributed by atoms with van der Waals surface area (Å²) in [7, 11) is 0. The number of aryl methyl sites for hydroxylation is 1. The van der Waals surface area contributed by atoms with Crippen molar-refractivity contribution in [3.05, 3.63) is 34.9 Å². The monoisotopic (exact) mass is 189 g/mol. The normalized spacial score (nSPS) is 11.9. The molecule has 2 nitrogen and oxygen atoms in total. The van der Waals surface area contributed by atoms with Crippen molar-refractivity contribution < 1.29 is 4.79 Å². The first kappa shape index (κ1) is 10.7. The zero-order valence-electron chi connectivity index (χ0n) is 8.87. The van der Waals surface area contributed by atoms with Gasteiger partial charge < -0.3 is 0 Å². The molecule has 1 aromatic carbocycles. The minimum Gasteiger partial charge on any atom is -0.211 e. The third-order valence-electron chi connectivity index (χ3n) is 2.60. The van der Waals surface area contributed by atoms with Crippen LogP contribution in [0.15, 0.2) is 23.2 Å². The van der Waals surface area contributed by atoms with Crippen LogP contribution in [0.1, 0.15) is 36.1 Å². The van der Waals surface area contributed by atoms with Gasteiger partial charge in [0.2, 0.25) is 6.08 Å². The summed E-state index contributed by atoms with van der Waals surface area (Å²) in [5, 5.41) is 0. The van der Waals surface area contributed by atoms with Gasteiger partial charge in [-0.2, -0.15) is 4.99 Å². The SMILES string of the molecule is CC[C@@H](N=C=O)c1cccc(C)c1C. The molecule has 0 unspecified atom stereocenters. The molecular weight excluding hydrogens is 174 g/mol. The summed E-state index contributed by atoms with van der Waals surface area (Å²) in [5.74, 6) is 0. The minimum absolute atomic E-state index is 0.0348. The number of nitrogens with zero attached hydrogens (tertiary/aromatic N) is 1. The van der Waals surface area contributed by atoms with Crippen LogP contribution in [0.25, 0.3) is 0 Å². The molecule has 0 aliphatic carbocycles. The Hall–Kier alpha value is -1.40. The third-order valence-corrected chi connectivity index (χ3v) is 2.60. The van der Waals surface area contributed by atoms with E-state index in [9.17, 15) is 4.79 Å². The summed E-state index contributed by atoms with van der Waals surface area (Å²) >= 11 is 0. The Labute approximate surface area is 84.7 Å². The maximum Gasteiger partial charge on any atom is 0.235 e.